The van der Waals surface area contributed by atoms with Crippen LogP contribution in [0.25, 0.3) is 0 Å². The van der Waals surface area contributed by atoms with Gasteiger partial charge in [-0.05, 0) is 60.1 Å². The van der Waals surface area contributed by atoms with Crippen molar-refractivity contribution in [1.82, 2.24) is 0 Å². The molecule has 0 aromatic heterocycles. The van der Waals surface area contributed by atoms with Crippen LogP contribution in [0.2, 0.25) is 0 Å². The van der Waals surface area contributed by atoms with E-state index in [4.69, 9.17) is 4.74 Å². The number of aryl methyl sites for hydroxylation is 4. The molecule has 0 heterocycles. The predicted octanol–water partition coefficient (Wildman–Crippen LogP) is 4.93. The Kier molecular flexibility index (Phi) is 6.51. The van der Waals surface area contributed by atoms with Crippen molar-refractivity contribution in [2.45, 2.75) is 53.4 Å². The largest absolute Gasteiger partial charge is 0.386 e. The third-order valence-electron chi connectivity index (χ3n) is 4.55. The first-order chi connectivity index (χ1) is 12.0. The van der Waals surface area contributed by atoms with E-state index in [9.17, 15) is 9.59 Å². The quantitative estimate of drug-likeness (QED) is 0.554. The molecular weight excluding hydrogens is 312 g/mol. The SMILES string of the molecule is CCc1ccc(CC)c(C(=O)OC(=O)c2cc(CC)ccc2CC)c1. The second-order valence-electron chi connectivity index (χ2n) is 6.07. The van der Waals surface area contributed by atoms with Crippen LogP contribution in [0.4, 0.5) is 0 Å². The molecule has 3 nitrogen and oxygen atoms in total. The Labute approximate surface area is 150 Å². The van der Waals surface area contributed by atoms with Crippen LogP contribution in [0.15, 0.2) is 36.4 Å². The van der Waals surface area contributed by atoms with Gasteiger partial charge in [0.05, 0.1) is 11.1 Å². The highest BCUT2D eigenvalue weighted by Gasteiger charge is 2.20. The van der Waals surface area contributed by atoms with Crippen molar-refractivity contribution in [3.63, 3.8) is 0 Å². The molecule has 132 valence electrons. The van der Waals surface area contributed by atoms with E-state index in [0.717, 1.165) is 35.1 Å². The minimum Gasteiger partial charge on any atom is -0.386 e. The van der Waals surface area contributed by atoms with Crippen molar-refractivity contribution in [3.05, 3.63) is 69.8 Å². The zero-order chi connectivity index (χ0) is 18.4. The molecule has 0 saturated carbocycles. The van der Waals surface area contributed by atoms with E-state index >= 15 is 0 Å². The topological polar surface area (TPSA) is 43.4 Å². The molecule has 25 heavy (non-hydrogen) atoms. The third kappa shape index (κ3) is 4.36. The van der Waals surface area contributed by atoms with Crippen LogP contribution in [0.3, 0.4) is 0 Å². The van der Waals surface area contributed by atoms with E-state index in [1.54, 1.807) is 0 Å². The standard InChI is InChI=1S/C22H26O3/c1-5-15-9-11-17(7-3)19(13-15)21(23)25-22(24)20-14-16(6-2)10-12-18(20)8-4/h9-14H,5-8H2,1-4H3. The van der Waals surface area contributed by atoms with Gasteiger partial charge in [-0.1, -0.05) is 52.0 Å². The van der Waals surface area contributed by atoms with Gasteiger partial charge >= 0.3 is 11.9 Å². The number of benzene rings is 2. The lowest BCUT2D eigenvalue weighted by Crippen LogP contribution is -2.16. The smallest absolute Gasteiger partial charge is 0.346 e. The highest BCUT2D eigenvalue weighted by molar-refractivity contribution is 6.04. The molecule has 0 N–H and O–H groups in total. The Morgan fingerprint density at radius 1 is 0.680 bits per heavy atom. The lowest BCUT2D eigenvalue weighted by atomic mass is 10.00. The fraction of sp³-hybridized carbons (Fsp3) is 0.364. The molecule has 0 atom stereocenters. The first kappa shape index (κ1) is 18.9. The lowest BCUT2D eigenvalue weighted by Gasteiger charge is -2.11. The van der Waals surface area contributed by atoms with E-state index in [0.29, 0.717) is 24.0 Å². The van der Waals surface area contributed by atoms with Crippen molar-refractivity contribution < 1.29 is 14.3 Å². The summed E-state index contributed by atoms with van der Waals surface area (Å²) in [6, 6.07) is 11.6. The minimum absolute atomic E-state index is 0.486. The molecule has 2 aromatic carbocycles. The van der Waals surface area contributed by atoms with Crippen LogP contribution >= 0.6 is 0 Å². The number of esters is 2. The maximum Gasteiger partial charge on any atom is 0.346 e. The van der Waals surface area contributed by atoms with Gasteiger partial charge in [0.25, 0.3) is 0 Å². The lowest BCUT2D eigenvalue weighted by molar-refractivity contribution is 0.0396. The van der Waals surface area contributed by atoms with E-state index in [1.165, 1.54) is 0 Å². The summed E-state index contributed by atoms with van der Waals surface area (Å²) in [5.41, 5.74) is 4.87. The van der Waals surface area contributed by atoms with E-state index in [2.05, 4.69) is 0 Å². The number of carbonyl (C=O) groups excluding carboxylic acids is 2. The molecule has 0 saturated heterocycles. The summed E-state index contributed by atoms with van der Waals surface area (Å²) < 4.78 is 5.23. The molecule has 0 spiro atoms. The Morgan fingerprint density at radius 2 is 1.08 bits per heavy atom. The van der Waals surface area contributed by atoms with Crippen molar-refractivity contribution in [3.8, 4) is 0 Å². The van der Waals surface area contributed by atoms with Crippen molar-refractivity contribution in [2.24, 2.45) is 0 Å². The molecule has 0 amide bonds. The van der Waals surface area contributed by atoms with E-state index < -0.39 is 11.9 Å². The maximum absolute atomic E-state index is 12.6. The van der Waals surface area contributed by atoms with Gasteiger partial charge in [0, 0.05) is 0 Å². The van der Waals surface area contributed by atoms with Gasteiger partial charge in [-0.25, -0.2) is 9.59 Å². The third-order valence-corrected chi connectivity index (χ3v) is 4.55. The number of ether oxygens (including phenoxy) is 1. The fourth-order valence-corrected chi connectivity index (χ4v) is 2.88. The Balaban J connectivity index is 2.31. The van der Waals surface area contributed by atoms with Crippen molar-refractivity contribution >= 4 is 11.9 Å². The minimum atomic E-state index is -0.568. The van der Waals surface area contributed by atoms with Gasteiger partial charge in [-0.15, -0.1) is 0 Å². The average molecular weight is 338 g/mol. The molecule has 2 rings (SSSR count). The zero-order valence-corrected chi connectivity index (χ0v) is 15.5. The van der Waals surface area contributed by atoms with Crippen LogP contribution in [0, 0.1) is 0 Å². The van der Waals surface area contributed by atoms with Crippen LogP contribution in [-0.2, 0) is 30.4 Å². The first-order valence-electron chi connectivity index (χ1n) is 9.04. The molecule has 0 unspecified atom stereocenters. The summed E-state index contributed by atoms with van der Waals surface area (Å²) in [4.78, 5) is 25.2. The summed E-state index contributed by atoms with van der Waals surface area (Å²) >= 11 is 0. The highest BCUT2D eigenvalue weighted by Crippen LogP contribution is 2.18. The molecule has 3 heteroatoms. The molecule has 0 aliphatic heterocycles. The number of rotatable bonds is 6. The van der Waals surface area contributed by atoms with Gasteiger partial charge in [0.2, 0.25) is 0 Å². The molecular formula is C22H26O3. The molecule has 0 radical (unpaired) electrons. The normalized spacial score (nSPS) is 10.6. The highest BCUT2D eigenvalue weighted by atomic mass is 16.6. The molecule has 0 bridgehead atoms. The average Bonchev–Trinajstić information content (AvgIpc) is 2.66. The summed E-state index contributed by atoms with van der Waals surface area (Å²) in [6.07, 6.45) is 3.09. The molecule has 0 aliphatic carbocycles. The number of hydrogen-bond acceptors (Lipinski definition) is 3. The monoisotopic (exact) mass is 338 g/mol. The Hall–Kier alpha value is -2.42. The van der Waals surface area contributed by atoms with Crippen LogP contribution in [0.1, 0.15) is 70.7 Å². The van der Waals surface area contributed by atoms with Gasteiger partial charge in [-0.2, -0.15) is 0 Å². The van der Waals surface area contributed by atoms with Crippen LogP contribution in [0.5, 0.6) is 0 Å². The molecule has 0 fully saturated rings. The van der Waals surface area contributed by atoms with E-state index in [1.807, 2.05) is 64.1 Å². The first-order valence-corrected chi connectivity index (χ1v) is 9.04. The van der Waals surface area contributed by atoms with Crippen LogP contribution in [-0.4, -0.2) is 11.9 Å². The predicted molar refractivity (Wildman–Crippen MR) is 100 cm³/mol. The summed E-state index contributed by atoms with van der Waals surface area (Å²) in [7, 11) is 0. The maximum atomic E-state index is 12.6. The van der Waals surface area contributed by atoms with E-state index in [-0.39, 0.29) is 0 Å². The van der Waals surface area contributed by atoms with Gasteiger partial charge in [-0.3, -0.25) is 0 Å². The summed E-state index contributed by atoms with van der Waals surface area (Å²) in [5.74, 6) is -1.14. The fourth-order valence-electron chi connectivity index (χ4n) is 2.88. The molecule has 0 aliphatic rings. The number of carbonyl (C=O) groups is 2. The van der Waals surface area contributed by atoms with Gasteiger partial charge in [0.15, 0.2) is 0 Å². The Morgan fingerprint density at radius 3 is 1.40 bits per heavy atom. The van der Waals surface area contributed by atoms with Gasteiger partial charge < -0.3 is 4.74 Å². The van der Waals surface area contributed by atoms with Crippen molar-refractivity contribution in [2.75, 3.05) is 0 Å². The zero-order valence-electron chi connectivity index (χ0n) is 15.5. The second kappa shape index (κ2) is 8.61. The number of hydrogen-bond donors (Lipinski definition) is 0. The molecule has 2 aromatic rings. The summed E-state index contributed by atoms with van der Waals surface area (Å²) in [5, 5.41) is 0. The van der Waals surface area contributed by atoms with Crippen LogP contribution < -0.4 is 0 Å². The summed E-state index contributed by atoms with van der Waals surface area (Å²) in [6.45, 7) is 8.04. The van der Waals surface area contributed by atoms with Gasteiger partial charge in [0.1, 0.15) is 0 Å². The van der Waals surface area contributed by atoms with Crippen molar-refractivity contribution in [1.29, 1.82) is 0 Å². The Bertz CT molecular complexity index is 709. The second-order valence-corrected chi connectivity index (χ2v) is 6.07.